The SMILES string of the molecule is CCCCc1nnc(NC(=O)c2cc3cc(OC)ccc3nc2C)s1. The number of aryl methyl sites for hydroxylation is 2. The molecule has 0 saturated heterocycles. The molecule has 0 unspecified atom stereocenters. The zero-order valence-corrected chi connectivity index (χ0v) is 15.3. The summed E-state index contributed by atoms with van der Waals surface area (Å²) < 4.78 is 5.24. The topological polar surface area (TPSA) is 77.0 Å². The van der Waals surface area contributed by atoms with E-state index in [1.807, 2.05) is 31.2 Å². The van der Waals surface area contributed by atoms with E-state index in [2.05, 4.69) is 27.4 Å². The minimum atomic E-state index is -0.229. The van der Waals surface area contributed by atoms with Crippen molar-refractivity contribution in [3.05, 3.63) is 40.5 Å². The summed E-state index contributed by atoms with van der Waals surface area (Å²) in [5, 5.41) is 13.3. The lowest BCUT2D eigenvalue weighted by Crippen LogP contribution is -2.14. The molecule has 1 amide bonds. The van der Waals surface area contributed by atoms with Crippen LogP contribution in [0.25, 0.3) is 10.9 Å². The van der Waals surface area contributed by atoms with E-state index < -0.39 is 0 Å². The summed E-state index contributed by atoms with van der Waals surface area (Å²) >= 11 is 1.42. The number of ether oxygens (including phenoxy) is 1. The van der Waals surface area contributed by atoms with Gasteiger partial charge in [0.25, 0.3) is 5.91 Å². The normalized spacial score (nSPS) is 10.8. The number of pyridine rings is 1. The molecule has 0 aliphatic carbocycles. The van der Waals surface area contributed by atoms with E-state index in [0.717, 1.165) is 40.9 Å². The van der Waals surface area contributed by atoms with Crippen LogP contribution in [0.4, 0.5) is 5.13 Å². The van der Waals surface area contributed by atoms with Crippen LogP contribution in [0.3, 0.4) is 0 Å². The number of hydrogen-bond donors (Lipinski definition) is 1. The van der Waals surface area contributed by atoms with Crippen molar-refractivity contribution in [3.63, 3.8) is 0 Å². The highest BCUT2D eigenvalue weighted by Gasteiger charge is 2.14. The third kappa shape index (κ3) is 3.93. The first kappa shape index (κ1) is 17.3. The number of carbonyl (C=O) groups excluding carboxylic acids is 1. The van der Waals surface area contributed by atoms with Gasteiger partial charge in [-0.2, -0.15) is 0 Å². The molecule has 130 valence electrons. The summed E-state index contributed by atoms with van der Waals surface area (Å²) in [6.07, 6.45) is 3.06. The van der Waals surface area contributed by atoms with E-state index in [1.165, 1.54) is 11.3 Å². The Morgan fingerprint density at radius 1 is 1.28 bits per heavy atom. The van der Waals surface area contributed by atoms with Crippen molar-refractivity contribution in [1.29, 1.82) is 0 Å². The largest absolute Gasteiger partial charge is 0.497 e. The molecule has 0 bridgehead atoms. The smallest absolute Gasteiger partial charge is 0.259 e. The molecule has 25 heavy (non-hydrogen) atoms. The maximum Gasteiger partial charge on any atom is 0.259 e. The average molecular weight is 356 g/mol. The molecule has 2 aromatic heterocycles. The molecule has 1 N–H and O–H groups in total. The number of unbranched alkanes of at least 4 members (excludes halogenated alkanes) is 1. The van der Waals surface area contributed by atoms with E-state index in [1.54, 1.807) is 7.11 Å². The molecular weight excluding hydrogens is 336 g/mol. The van der Waals surface area contributed by atoms with E-state index in [0.29, 0.717) is 16.4 Å². The van der Waals surface area contributed by atoms with Crippen LogP contribution in [-0.2, 0) is 6.42 Å². The van der Waals surface area contributed by atoms with Gasteiger partial charge in [0.15, 0.2) is 0 Å². The predicted octanol–water partition coefficient (Wildman–Crippen LogP) is 4.00. The van der Waals surface area contributed by atoms with Gasteiger partial charge in [-0.05, 0) is 37.6 Å². The minimum Gasteiger partial charge on any atom is -0.497 e. The summed E-state index contributed by atoms with van der Waals surface area (Å²) in [4.78, 5) is 17.1. The van der Waals surface area contributed by atoms with Crippen LogP contribution >= 0.6 is 11.3 Å². The van der Waals surface area contributed by atoms with Crippen molar-refractivity contribution >= 4 is 33.3 Å². The molecular formula is C18H20N4O2S. The van der Waals surface area contributed by atoms with Gasteiger partial charge in [0.05, 0.1) is 23.9 Å². The van der Waals surface area contributed by atoms with Crippen LogP contribution < -0.4 is 10.1 Å². The third-order valence-corrected chi connectivity index (χ3v) is 4.79. The Bertz CT molecular complexity index is 907. The van der Waals surface area contributed by atoms with E-state index in [-0.39, 0.29) is 5.91 Å². The van der Waals surface area contributed by atoms with Crippen molar-refractivity contribution in [3.8, 4) is 5.75 Å². The molecule has 0 radical (unpaired) electrons. The zero-order chi connectivity index (χ0) is 17.8. The highest BCUT2D eigenvalue weighted by atomic mass is 32.1. The number of anilines is 1. The molecule has 3 aromatic rings. The number of hydrogen-bond acceptors (Lipinski definition) is 6. The number of methoxy groups -OCH3 is 1. The molecule has 0 atom stereocenters. The first-order valence-corrected chi connectivity index (χ1v) is 9.01. The van der Waals surface area contributed by atoms with Crippen molar-refractivity contribution < 1.29 is 9.53 Å². The Morgan fingerprint density at radius 3 is 2.88 bits per heavy atom. The lowest BCUT2D eigenvalue weighted by molar-refractivity contribution is 0.102. The van der Waals surface area contributed by atoms with Crippen LogP contribution in [0.2, 0.25) is 0 Å². The summed E-state index contributed by atoms with van der Waals surface area (Å²) in [7, 11) is 1.61. The number of nitrogens with one attached hydrogen (secondary N) is 1. The Balaban J connectivity index is 1.83. The molecule has 0 saturated carbocycles. The number of rotatable bonds is 6. The van der Waals surface area contributed by atoms with E-state index >= 15 is 0 Å². The lowest BCUT2D eigenvalue weighted by atomic mass is 10.1. The molecule has 0 aliphatic rings. The lowest BCUT2D eigenvalue weighted by Gasteiger charge is -2.08. The first-order chi connectivity index (χ1) is 12.1. The van der Waals surface area contributed by atoms with Crippen molar-refractivity contribution in [2.24, 2.45) is 0 Å². The second-order valence-corrected chi connectivity index (χ2v) is 6.80. The number of amides is 1. The summed E-state index contributed by atoms with van der Waals surface area (Å²) in [5.41, 5.74) is 2.02. The van der Waals surface area contributed by atoms with Gasteiger partial charge in [-0.15, -0.1) is 10.2 Å². The van der Waals surface area contributed by atoms with Gasteiger partial charge in [0.2, 0.25) is 5.13 Å². The van der Waals surface area contributed by atoms with Crippen LogP contribution in [-0.4, -0.2) is 28.2 Å². The number of nitrogens with zero attached hydrogens (tertiary/aromatic N) is 3. The molecule has 0 fully saturated rings. The van der Waals surface area contributed by atoms with Crippen molar-refractivity contribution in [1.82, 2.24) is 15.2 Å². The van der Waals surface area contributed by atoms with Crippen LogP contribution in [0.5, 0.6) is 5.75 Å². The highest BCUT2D eigenvalue weighted by Crippen LogP contribution is 2.23. The predicted molar refractivity (Wildman–Crippen MR) is 99.5 cm³/mol. The fourth-order valence-electron chi connectivity index (χ4n) is 2.51. The second kappa shape index (κ2) is 7.57. The van der Waals surface area contributed by atoms with E-state index in [9.17, 15) is 4.79 Å². The maximum absolute atomic E-state index is 12.6. The Morgan fingerprint density at radius 2 is 2.12 bits per heavy atom. The van der Waals surface area contributed by atoms with Gasteiger partial charge < -0.3 is 4.74 Å². The summed E-state index contributed by atoms with van der Waals surface area (Å²) in [6.45, 7) is 3.96. The number of aromatic nitrogens is 3. The Hall–Kier alpha value is -2.54. The quantitative estimate of drug-likeness (QED) is 0.722. The first-order valence-electron chi connectivity index (χ1n) is 8.20. The van der Waals surface area contributed by atoms with Gasteiger partial charge >= 0.3 is 0 Å². The number of fused-ring (bicyclic) bond motifs is 1. The molecule has 7 heteroatoms. The molecule has 2 heterocycles. The fraction of sp³-hybridized carbons (Fsp3) is 0.333. The third-order valence-electron chi connectivity index (χ3n) is 3.89. The van der Waals surface area contributed by atoms with Crippen molar-refractivity contribution in [2.45, 2.75) is 33.1 Å². The minimum absolute atomic E-state index is 0.229. The Labute approximate surface area is 150 Å². The zero-order valence-electron chi connectivity index (χ0n) is 14.5. The van der Waals surface area contributed by atoms with Gasteiger partial charge in [-0.1, -0.05) is 24.7 Å². The number of carbonyl (C=O) groups is 1. The maximum atomic E-state index is 12.6. The van der Waals surface area contributed by atoms with Crippen molar-refractivity contribution in [2.75, 3.05) is 12.4 Å². The summed E-state index contributed by atoms with van der Waals surface area (Å²) in [6, 6.07) is 7.43. The highest BCUT2D eigenvalue weighted by molar-refractivity contribution is 7.15. The standard InChI is InChI=1S/C18H20N4O2S/c1-4-5-6-16-21-22-18(25-16)20-17(23)14-10-12-9-13(24-3)7-8-15(12)19-11(14)2/h7-10H,4-6H2,1-3H3,(H,20,22,23). The molecule has 0 spiro atoms. The van der Waals surface area contributed by atoms with Crippen LogP contribution in [0.1, 0.15) is 40.8 Å². The molecule has 6 nitrogen and oxygen atoms in total. The average Bonchev–Trinajstić information content (AvgIpc) is 3.06. The molecule has 0 aliphatic heterocycles. The van der Waals surface area contributed by atoms with Gasteiger partial charge in [-0.3, -0.25) is 15.1 Å². The van der Waals surface area contributed by atoms with Gasteiger partial charge in [0.1, 0.15) is 10.8 Å². The monoisotopic (exact) mass is 356 g/mol. The van der Waals surface area contributed by atoms with E-state index in [4.69, 9.17) is 4.74 Å². The number of benzene rings is 1. The second-order valence-electron chi connectivity index (χ2n) is 5.74. The Kier molecular flexibility index (Phi) is 5.23. The van der Waals surface area contributed by atoms with Crippen LogP contribution in [0.15, 0.2) is 24.3 Å². The fourth-order valence-corrected chi connectivity index (χ4v) is 3.28. The van der Waals surface area contributed by atoms with Crippen LogP contribution in [0, 0.1) is 6.92 Å². The molecule has 1 aromatic carbocycles. The summed E-state index contributed by atoms with van der Waals surface area (Å²) in [5.74, 6) is 0.502. The van der Waals surface area contributed by atoms with Gasteiger partial charge in [0, 0.05) is 11.8 Å². The molecule has 3 rings (SSSR count). The van der Waals surface area contributed by atoms with Gasteiger partial charge in [-0.25, -0.2) is 0 Å².